The molecule has 0 saturated heterocycles. The minimum atomic E-state index is 0. The molecule has 0 radical (unpaired) electrons. The monoisotopic (exact) mass is 403 g/mol. The van der Waals surface area contributed by atoms with E-state index in [0.29, 0.717) is 6.54 Å². The van der Waals surface area contributed by atoms with E-state index in [1.807, 2.05) is 0 Å². The summed E-state index contributed by atoms with van der Waals surface area (Å²) in [6.45, 7) is 6.68. The molecule has 5 heteroatoms. The third kappa shape index (κ3) is 6.11. The maximum atomic E-state index is 5.42. The Balaban J connectivity index is 0.00000220. The highest BCUT2D eigenvalue weighted by Crippen LogP contribution is 2.27. The summed E-state index contributed by atoms with van der Waals surface area (Å²) in [7, 11) is 1.71. The first-order valence-electron chi connectivity index (χ1n) is 7.38. The molecule has 1 fully saturated rings. The van der Waals surface area contributed by atoms with Gasteiger partial charge in [0.15, 0.2) is 5.96 Å². The van der Waals surface area contributed by atoms with Crippen LogP contribution in [0.4, 0.5) is 0 Å². The lowest BCUT2D eigenvalue weighted by Crippen LogP contribution is -2.38. The number of ether oxygens (including phenoxy) is 1. The summed E-state index contributed by atoms with van der Waals surface area (Å²) in [6, 6.07) is 6.23. The van der Waals surface area contributed by atoms with E-state index in [2.05, 4.69) is 47.7 Å². The summed E-state index contributed by atoms with van der Waals surface area (Å²) >= 11 is 0. The summed E-state index contributed by atoms with van der Waals surface area (Å²) < 4.78 is 5.42. The van der Waals surface area contributed by atoms with Crippen LogP contribution in [0.15, 0.2) is 23.2 Å². The molecule has 21 heavy (non-hydrogen) atoms. The Morgan fingerprint density at radius 1 is 1.33 bits per heavy atom. The van der Waals surface area contributed by atoms with Crippen molar-refractivity contribution in [2.24, 2.45) is 10.9 Å². The third-order valence-electron chi connectivity index (χ3n) is 3.45. The zero-order valence-electron chi connectivity index (χ0n) is 13.1. The van der Waals surface area contributed by atoms with Crippen LogP contribution in [-0.4, -0.2) is 26.2 Å². The smallest absolute Gasteiger partial charge is 0.191 e. The molecule has 0 atom stereocenters. The molecule has 2 rings (SSSR count). The average Bonchev–Trinajstić information content (AvgIpc) is 3.27. The second-order valence-electron chi connectivity index (χ2n) is 5.33. The lowest BCUT2D eigenvalue weighted by atomic mass is 10.1. The number of hydrogen-bond donors (Lipinski definition) is 2. The van der Waals surface area contributed by atoms with Crippen LogP contribution in [0.5, 0.6) is 5.75 Å². The third-order valence-corrected chi connectivity index (χ3v) is 3.45. The van der Waals surface area contributed by atoms with Crippen molar-refractivity contribution in [3.63, 3.8) is 0 Å². The van der Waals surface area contributed by atoms with Gasteiger partial charge < -0.3 is 15.4 Å². The van der Waals surface area contributed by atoms with E-state index in [0.717, 1.165) is 36.3 Å². The molecule has 1 aromatic carbocycles. The maximum Gasteiger partial charge on any atom is 0.191 e. The Kier molecular flexibility index (Phi) is 7.85. The molecule has 0 amide bonds. The van der Waals surface area contributed by atoms with Gasteiger partial charge in [0.1, 0.15) is 5.75 Å². The lowest BCUT2D eigenvalue weighted by Gasteiger charge is -2.12. The highest BCUT2D eigenvalue weighted by atomic mass is 127. The van der Waals surface area contributed by atoms with Crippen LogP contribution in [0.25, 0.3) is 0 Å². The van der Waals surface area contributed by atoms with Gasteiger partial charge in [0, 0.05) is 18.7 Å². The Bertz CT molecular complexity index is 473. The molecule has 1 aromatic rings. The number of nitrogens with one attached hydrogen (secondary N) is 2. The zero-order valence-corrected chi connectivity index (χ0v) is 15.4. The first-order valence-corrected chi connectivity index (χ1v) is 7.38. The van der Waals surface area contributed by atoms with Gasteiger partial charge in [0.2, 0.25) is 0 Å². The summed E-state index contributed by atoms with van der Waals surface area (Å²) in [5.41, 5.74) is 2.31. The number of nitrogens with zero attached hydrogens (tertiary/aromatic N) is 1. The van der Waals surface area contributed by atoms with Crippen LogP contribution in [0.2, 0.25) is 0 Å². The van der Waals surface area contributed by atoms with Gasteiger partial charge in [-0.3, -0.25) is 0 Å². The topological polar surface area (TPSA) is 45.7 Å². The van der Waals surface area contributed by atoms with Crippen molar-refractivity contribution in [2.75, 3.05) is 20.2 Å². The van der Waals surface area contributed by atoms with E-state index in [1.165, 1.54) is 18.4 Å². The average molecular weight is 403 g/mol. The Hall–Kier alpha value is -0.980. The molecule has 118 valence electrons. The van der Waals surface area contributed by atoms with Crippen molar-refractivity contribution in [3.05, 3.63) is 29.3 Å². The van der Waals surface area contributed by atoms with Crippen LogP contribution >= 0.6 is 24.0 Å². The molecule has 1 saturated carbocycles. The van der Waals surface area contributed by atoms with E-state index in [1.54, 1.807) is 7.11 Å². The standard InChI is InChI=1S/C16H25N3O.HI/c1-4-17-16(18-10-13-6-7-13)19-11-14-8-5-12(2)9-15(14)20-3;/h5,8-9,13H,4,6-7,10-11H2,1-3H3,(H2,17,18,19);1H. The fourth-order valence-corrected chi connectivity index (χ4v) is 2.05. The van der Waals surface area contributed by atoms with Crippen molar-refractivity contribution in [1.82, 2.24) is 10.6 Å². The number of aryl methyl sites for hydroxylation is 1. The molecular weight excluding hydrogens is 377 g/mol. The van der Waals surface area contributed by atoms with Crippen LogP contribution in [0.1, 0.15) is 30.9 Å². The van der Waals surface area contributed by atoms with Gasteiger partial charge in [-0.05, 0) is 44.2 Å². The van der Waals surface area contributed by atoms with Gasteiger partial charge in [-0.15, -0.1) is 24.0 Å². The summed E-state index contributed by atoms with van der Waals surface area (Å²) in [5, 5.41) is 6.68. The molecule has 0 aromatic heterocycles. The fourth-order valence-electron chi connectivity index (χ4n) is 2.05. The molecule has 2 N–H and O–H groups in total. The van der Waals surface area contributed by atoms with Crippen LogP contribution in [0, 0.1) is 12.8 Å². The minimum Gasteiger partial charge on any atom is -0.496 e. The van der Waals surface area contributed by atoms with Crippen LogP contribution < -0.4 is 15.4 Å². The van der Waals surface area contributed by atoms with Gasteiger partial charge in [0.05, 0.1) is 13.7 Å². The number of hydrogen-bond acceptors (Lipinski definition) is 2. The predicted octanol–water partition coefficient (Wildman–Crippen LogP) is 3.09. The van der Waals surface area contributed by atoms with Crippen molar-refractivity contribution < 1.29 is 4.74 Å². The summed E-state index contributed by atoms with van der Waals surface area (Å²) in [6.07, 6.45) is 2.69. The molecule has 0 bridgehead atoms. The summed E-state index contributed by atoms with van der Waals surface area (Å²) in [4.78, 5) is 4.64. The molecule has 4 nitrogen and oxygen atoms in total. The zero-order chi connectivity index (χ0) is 14.4. The number of methoxy groups -OCH3 is 1. The number of guanidine groups is 1. The molecule has 1 aliphatic rings. The van der Waals surface area contributed by atoms with Crippen LogP contribution in [0.3, 0.4) is 0 Å². The molecule has 0 heterocycles. The van der Waals surface area contributed by atoms with Gasteiger partial charge >= 0.3 is 0 Å². The predicted molar refractivity (Wildman–Crippen MR) is 98.7 cm³/mol. The van der Waals surface area contributed by atoms with Crippen molar-refractivity contribution in [3.8, 4) is 5.75 Å². The number of halogens is 1. The van der Waals surface area contributed by atoms with Gasteiger partial charge in [-0.1, -0.05) is 12.1 Å². The van der Waals surface area contributed by atoms with E-state index >= 15 is 0 Å². The fraction of sp³-hybridized carbons (Fsp3) is 0.562. The molecule has 0 spiro atoms. The highest BCUT2D eigenvalue weighted by Gasteiger charge is 2.21. The van der Waals surface area contributed by atoms with E-state index in [9.17, 15) is 0 Å². The lowest BCUT2D eigenvalue weighted by molar-refractivity contribution is 0.409. The van der Waals surface area contributed by atoms with E-state index in [-0.39, 0.29) is 24.0 Å². The summed E-state index contributed by atoms with van der Waals surface area (Å²) in [5.74, 6) is 2.64. The van der Waals surface area contributed by atoms with Gasteiger partial charge in [-0.2, -0.15) is 0 Å². The number of benzene rings is 1. The van der Waals surface area contributed by atoms with E-state index in [4.69, 9.17) is 4.74 Å². The Labute approximate surface area is 144 Å². The van der Waals surface area contributed by atoms with Gasteiger partial charge in [0.25, 0.3) is 0 Å². The second kappa shape index (κ2) is 9.12. The normalized spacial score (nSPS) is 14.3. The molecular formula is C16H26IN3O. The number of aliphatic imine (C=N–C) groups is 1. The highest BCUT2D eigenvalue weighted by molar-refractivity contribution is 14.0. The largest absolute Gasteiger partial charge is 0.496 e. The van der Waals surface area contributed by atoms with Crippen molar-refractivity contribution >= 4 is 29.9 Å². The first kappa shape index (κ1) is 18.1. The molecule has 0 unspecified atom stereocenters. The Morgan fingerprint density at radius 2 is 2.10 bits per heavy atom. The van der Waals surface area contributed by atoms with Crippen molar-refractivity contribution in [1.29, 1.82) is 0 Å². The quantitative estimate of drug-likeness (QED) is 0.436. The molecule has 0 aliphatic heterocycles. The van der Waals surface area contributed by atoms with Gasteiger partial charge in [-0.25, -0.2) is 4.99 Å². The molecule has 1 aliphatic carbocycles. The first-order chi connectivity index (χ1) is 9.72. The SMILES string of the molecule is CCNC(=NCc1ccc(C)cc1OC)NCC1CC1.I. The van der Waals surface area contributed by atoms with E-state index < -0.39 is 0 Å². The van der Waals surface area contributed by atoms with Crippen molar-refractivity contribution in [2.45, 2.75) is 33.2 Å². The van der Waals surface area contributed by atoms with Crippen LogP contribution in [-0.2, 0) is 6.54 Å². The second-order valence-corrected chi connectivity index (χ2v) is 5.33. The maximum absolute atomic E-state index is 5.42. The number of rotatable bonds is 6. The Morgan fingerprint density at radius 3 is 2.71 bits per heavy atom. The minimum absolute atomic E-state index is 0.